The normalized spacial score (nSPS) is 33.0. The van der Waals surface area contributed by atoms with Crippen LogP contribution in [0, 0.1) is 28.6 Å². The Morgan fingerprint density at radius 2 is 2.15 bits per heavy atom. The summed E-state index contributed by atoms with van der Waals surface area (Å²) in [6.45, 7) is 5.25. The number of carbonyl (C=O) groups excluding carboxylic acids is 2. The van der Waals surface area contributed by atoms with Crippen LogP contribution < -0.4 is 0 Å². The first kappa shape index (κ1) is 14.8. The molecule has 1 amide bonds. The van der Waals surface area contributed by atoms with Crippen LogP contribution in [0.4, 0.5) is 0 Å². The lowest BCUT2D eigenvalue weighted by molar-refractivity contribution is -0.154. The van der Waals surface area contributed by atoms with E-state index in [1.807, 2.05) is 0 Å². The number of rotatable bonds is 3. The minimum atomic E-state index is -0.837. The van der Waals surface area contributed by atoms with Crippen molar-refractivity contribution in [1.82, 2.24) is 4.90 Å². The maximum absolute atomic E-state index is 12.6. The molecule has 1 aliphatic carbocycles. The van der Waals surface area contributed by atoms with Crippen LogP contribution in [0.25, 0.3) is 0 Å². The third-order valence-corrected chi connectivity index (χ3v) is 4.35. The predicted octanol–water partition coefficient (Wildman–Crippen LogP) is 1.73. The highest BCUT2D eigenvalue weighted by molar-refractivity contribution is 5.87. The van der Waals surface area contributed by atoms with Crippen LogP contribution in [-0.4, -0.2) is 36.5 Å². The largest absolute Gasteiger partial charge is 0.466 e. The van der Waals surface area contributed by atoms with E-state index in [1.165, 1.54) is 0 Å². The molecule has 5 nitrogen and oxygen atoms in total. The van der Waals surface area contributed by atoms with Gasteiger partial charge in [-0.2, -0.15) is 5.26 Å². The summed E-state index contributed by atoms with van der Waals surface area (Å²) in [5, 5.41) is 9.33. The summed E-state index contributed by atoms with van der Waals surface area (Å²) in [5.74, 6) is -0.116. The lowest BCUT2D eigenvalue weighted by Gasteiger charge is -2.44. The number of carbonyl (C=O) groups is 2. The Bertz CT molecular complexity index is 435. The minimum Gasteiger partial charge on any atom is -0.466 e. The molecule has 1 saturated carbocycles. The molecule has 110 valence electrons. The lowest BCUT2D eigenvalue weighted by atomic mass is 9.62. The molecule has 20 heavy (non-hydrogen) atoms. The van der Waals surface area contributed by atoms with E-state index in [2.05, 4.69) is 13.0 Å². The van der Waals surface area contributed by atoms with Gasteiger partial charge in [0, 0.05) is 13.1 Å². The highest BCUT2D eigenvalue weighted by atomic mass is 16.5. The molecule has 2 fully saturated rings. The summed E-state index contributed by atoms with van der Waals surface area (Å²) < 4.78 is 5.04. The van der Waals surface area contributed by atoms with Gasteiger partial charge in [0.1, 0.15) is 5.41 Å². The molecule has 0 aromatic heterocycles. The maximum Gasteiger partial charge on any atom is 0.310 e. The highest BCUT2D eigenvalue weighted by Gasteiger charge is 2.51. The summed E-state index contributed by atoms with van der Waals surface area (Å²) >= 11 is 0. The van der Waals surface area contributed by atoms with Gasteiger partial charge in [0.15, 0.2) is 0 Å². The molecular formula is C15H22N2O3. The molecule has 0 bridgehead atoms. The number of ether oxygens (including phenoxy) is 1. The number of esters is 1. The van der Waals surface area contributed by atoms with Gasteiger partial charge >= 0.3 is 5.97 Å². The Labute approximate surface area is 119 Å². The third kappa shape index (κ3) is 2.65. The smallest absolute Gasteiger partial charge is 0.310 e. The van der Waals surface area contributed by atoms with E-state index in [4.69, 9.17) is 4.74 Å². The van der Waals surface area contributed by atoms with Crippen molar-refractivity contribution in [3.8, 4) is 6.07 Å². The second-order valence-corrected chi connectivity index (χ2v) is 6.05. The number of nitrogens with zero attached hydrogens (tertiary/aromatic N) is 2. The number of piperidine rings is 1. The Balaban J connectivity index is 2.00. The molecule has 0 N–H and O–H groups in total. The minimum absolute atomic E-state index is 0.0906. The number of amides is 1. The van der Waals surface area contributed by atoms with Crippen LogP contribution in [-0.2, 0) is 14.3 Å². The Hall–Kier alpha value is -1.57. The van der Waals surface area contributed by atoms with E-state index in [1.54, 1.807) is 11.8 Å². The molecule has 1 unspecified atom stereocenters. The summed E-state index contributed by atoms with van der Waals surface area (Å²) in [7, 11) is 0. The number of hydrogen-bond donors (Lipinski definition) is 0. The van der Waals surface area contributed by atoms with E-state index in [9.17, 15) is 14.9 Å². The first-order valence-corrected chi connectivity index (χ1v) is 7.39. The first-order valence-electron chi connectivity index (χ1n) is 7.39. The second kappa shape index (κ2) is 5.82. The molecule has 2 aliphatic rings. The van der Waals surface area contributed by atoms with Gasteiger partial charge in [-0.05, 0) is 38.5 Å². The Morgan fingerprint density at radius 3 is 2.70 bits per heavy atom. The summed E-state index contributed by atoms with van der Waals surface area (Å²) in [6, 6.07) is 2.20. The topological polar surface area (TPSA) is 70.4 Å². The van der Waals surface area contributed by atoms with E-state index in [-0.39, 0.29) is 17.8 Å². The van der Waals surface area contributed by atoms with Gasteiger partial charge in [-0.3, -0.25) is 9.59 Å². The van der Waals surface area contributed by atoms with Crippen LogP contribution >= 0.6 is 0 Å². The quantitative estimate of drug-likeness (QED) is 0.737. The molecule has 1 atom stereocenters. The Morgan fingerprint density at radius 1 is 1.45 bits per heavy atom. The molecule has 0 spiro atoms. The van der Waals surface area contributed by atoms with E-state index >= 15 is 0 Å². The second-order valence-electron chi connectivity index (χ2n) is 6.05. The van der Waals surface area contributed by atoms with Gasteiger partial charge in [-0.15, -0.1) is 0 Å². The SMILES string of the molecule is CCOC(=O)C1CCCN(C(=O)C2(C#N)CC(C)C2)C1. The fourth-order valence-corrected chi connectivity index (χ4v) is 3.36. The fraction of sp³-hybridized carbons (Fsp3) is 0.800. The zero-order valence-corrected chi connectivity index (χ0v) is 12.2. The first-order chi connectivity index (χ1) is 9.52. The van der Waals surface area contributed by atoms with E-state index in [0.29, 0.717) is 38.5 Å². The zero-order valence-electron chi connectivity index (χ0n) is 12.2. The average Bonchev–Trinajstić information content (AvgIpc) is 2.43. The van der Waals surface area contributed by atoms with Crippen molar-refractivity contribution in [3.05, 3.63) is 0 Å². The van der Waals surface area contributed by atoms with Crippen molar-refractivity contribution in [3.63, 3.8) is 0 Å². The molecule has 0 radical (unpaired) electrons. The molecule has 1 saturated heterocycles. The van der Waals surface area contributed by atoms with Gasteiger partial charge in [0.05, 0.1) is 18.6 Å². The van der Waals surface area contributed by atoms with Crippen molar-refractivity contribution < 1.29 is 14.3 Å². The number of hydrogen-bond acceptors (Lipinski definition) is 4. The lowest BCUT2D eigenvalue weighted by Crippen LogP contribution is -2.53. The maximum atomic E-state index is 12.6. The van der Waals surface area contributed by atoms with Crippen LogP contribution in [0.1, 0.15) is 39.5 Å². The molecule has 1 aliphatic heterocycles. The van der Waals surface area contributed by atoms with Crippen molar-refractivity contribution >= 4 is 11.9 Å². The molecule has 0 aromatic carbocycles. The summed E-state index contributed by atoms with van der Waals surface area (Å²) in [5.41, 5.74) is -0.837. The Kier molecular flexibility index (Phi) is 4.32. The molecular weight excluding hydrogens is 256 g/mol. The molecule has 0 aromatic rings. The van der Waals surface area contributed by atoms with E-state index in [0.717, 1.165) is 12.8 Å². The molecule has 1 heterocycles. The number of nitriles is 1. The highest BCUT2D eigenvalue weighted by Crippen LogP contribution is 2.46. The molecule has 5 heteroatoms. The van der Waals surface area contributed by atoms with Crippen LogP contribution in [0.15, 0.2) is 0 Å². The van der Waals surface area contributed by atoms with Crippen molar-refractivity contribution in [2.24, 2.45) is 17.3 Å². The van der Waals surface area contributed by atoms with Gasteiger partial charge in [0.2, 0.25) is 5.91 Å². The van der Waals surface area contributed by atoms with Crippen LogP contribution in [0.5, 0.6) is 0 Å². The van der Waals surface area contributed by atoms with Crippen molar-refractivity contribution in [2.75, 3.05) is 19.7 Å². The van der Waals surface area contributed by atoms with Gasteiger partial charge < -0.3 is 9.64 Å². The van der Waals surface area contributed by atoms with Crippen LogP contribution in [0.3, 0.4) is 0 Å². The monoisotopic (exact) mass is 278 g/mol. The van der Waals surface area contributed by atoms with Gasteiger partial charge in [0.25, 0.3) is 0 Å². The van der Waals surface area contributed by atoms with Crippen LogP contribution in [0.2, 0.25) is 0 Å². The number of likely N-dealkylation sites (tertiary alicyclic amines) is 1. The summed E-state index contributed by atoms with van der Waals surface area (Å²) in [4.78, 5) is 26.0. The fourth-order valence-electron chi connectivity index (χ4n) is 3.36. The van der Waals surface area contributed by atoms with Gasteiger partial charge in [-0.25, -0.2) is 0 Å². The predicted molar refractivity (Wildman–Crippen MR) is 72.4 cm³/mol. The zero-order chi connectivity index (χ0) is 14.8. The van der Waals surface area contributed by atoms with Crippen molar-refractivity contribution in [1.29, 1.82) is 5.26 Å². The van der Waals surface area contributed by atoms with Crippen molar-refractivity contribution in [2.45, 2.75) is 39.5 Å². The average molecular weight is 278 g/mol. The third-order valence-electron chi connectivity index (χ3n) is 4.35. The van der Waals surface area contributed by atoms with E-state index < -0.39 is 5.41 Å². The summed E-state index contributed by atoms with van der Waals surface area (Å²) in [6.07, 6.45) is 2.84. The standard InChI is InChI=1S/C15H22N2O3/c1-3-20-13(18)12-5-4-6-17(9-12)14(19)15(10-16)7-11(2)8-15/h11-12H,3-9H2,1-2H3. The molecule has 2 rings (SSSR count). The van der Waals surface area contributed by atoms with Gasteiger partial charge in [-0.1, -0.05) is 6.92 Å².